The molecule has 1 N–H and O–H groups in total. The number of aryl methyl sites for hydroxylation is 1. The van der Waals surface area contributed by atoms with E-state index in [1.165, 1.54) is 0 Å². The zero-order chi connectivity index (χ0) is 24.4. The Hall–Kier alpha value is -3.56. The summed E-state index contributed by atoms with van der Waals surface area (Å²) >= 11 is 0.862. The molecule has 0 radical (unpaired) electrons. The topological polar surface area (TPSA) is 83.9 Å². The number of aromatic nitrogens is 1. The van der Waals surface area contributed by atoms with Crippen molar-refractivity contribution in [2.45, 2.75) is 13.5 Å². The number of amides is 3. The van der Waals surface area contributed by atoms with Crippen molar-refractivity contribution >= 4 is 57.2 Å². The van der Waals surface area contributed by atoms with E-state index in [0.29, 0.717) is 23.8 Å². The molecule has 35 heavy (non-hydrogen) atoms. The fraction of sp³-hybridized carbons (Fsp3) is 0.269. The summed E-state index contributed by atoms with van der Waals surface area (Å²) in [6, 6.07) is 15.5. The van der Waals surface area contributed by atoms with Gasteiger partial charge in [0.05, 0.1) is 18.1 Å². The van der Waals surface area contributed by atoms with E-state index in [0.717, 1.165) is 58.4 Å². The van der Waals surface area contributed by atoms with Crippen LogP contribution in [-0.2, 0) is 20.9 Å². The van der Waals surface area contributed by atoms with E-state index in [1.807, 2.05) is 54.7 Å². The molecule has 3 heterocycles. The summed E-state index contributed by atoms with van der Waals surface area (Å²) in [5.41, 5.74) is 3.62. The van der Waals surface area contributed by atoms with Crippen LogP contribution in [0.3, 0.4) is 0 Å². The second-order valence-corrected chi connectivity index (χ2v) is 9.34. The number of morpholine rings is 1. The van der Waals surface area contributed by atoms with Gasteiger partial charge in [0.2, 0.25) is 5.91 Å². The Labute approximate surface area is 207 Å². The SMILES string of the molecule is CCn1cc(/C=C2\SC(=O)N(CC(=O)Nc3ccc(N4CCOCC4)cc3)C2=O)c2ccccc21. The summed E-state index contributed by atoms with van der Waals surface area (Å²) in [6.07, 6.45) is 3.72. The highest BCUT2D eigenvalue weighted by Gasteiger charge is 2.36. The molecular weight excluding hydrogens is 464 g/mol. The molecule has 0 aliphatic carbocycles. The number of hydrogen-bond donors (Lipinski definition) is 1. The van der Waals surface area contributed by atoms with Gasteiger partial charge in [-0.2, -0.15) is 0 Å². The van der Waals surface area contributed by atoms with Gasteiger partial charge in [0.1, 0.15) is 6.54 Å². The molecule has 0 saturated carbocycles. The lowest BCUT2D eigenvalue weighted by Gasteiger charge is -2.28. The second-order valence-electron chi connectivity index (χ2n) is 8.35. The minimum absolute atomic E-state index is 0.316. The number of rotatable bonds is 6. The minimum Gasteiger partial charge on any atom is -0.378 e. The second kappa shape index (κ2) is 9.97. The molecule has 8 nitrogen and oxygen atoms in total. The van der Waals surface area contributed by atoms with E-state index < -0.39 is 17.1 Å². The first-order valence-electron chi connectivity index (χ1n) is 11.6. The highest BCUT2D eigenvalue weighted by Crippen LogP contribution is 2.34. The molecular formula is C26H26N4O4S. The Bertz CT molecular complexity index is 1310. The summed E-state index contributed by atoms with van der Waals surface area (Å²) in [4.78, 5) is 41.6. The smallest absolute Gasteiger partial charge is 0.294 e. The predicted octanol–water partition coefficient (Wildman–Crippen LogP) is 4.17. The van der Waals surface area contributed by atoms with Crippen molar-refractivity contribution in [3.05, 3.63) is 65.2 Å². The molecule has 2 fully saturated rings. The van der Waals surface area contributed by atoms with Crippen LogP contribution in [0.1, 0.15) is 12.5 Å². The van der Waals surface area contributed by atoms with Crippen LogP contribution >= 0.6 is 11.8 Å². The van der Waals surface area contributed by atoms with Crippen LogP contribution < -0.4 is 10.2 Å². The maximum absolute atomic E-state index is 13.0. The molecule has 9 heteroatoms. The Balaban J connectivity index is 1.25. The first-order valence-corrected chi connectivity index (χ1v) is 12.4. The van der Waals surface area contributed by atoms with Gasteiger partial charge in [0.15, 0.2) is 0 Å². The average molecular weight is 491 g/mol. The molecule has 1 aromatic heterocycles. The van der Waals surface area contributed by atoms with Gasteiger partial charge < -0.3 is 19.5 Å². The number of para-hydroxylation sites is 1. The van der Waals surface area contributed by atoms with Gasteiger partial charge in [-0.3, -0.25) is 19.3 Å². The first-order chi connectivity index (χ1) is 17.0. The number of carbonyl (C=O) groups is 3. The highest BCUT2D eigenvalue weighted by molar-refractivity contribution is 8.18. The van der Waals surface area contributed by atoms with Crippen molar-refractivity contribution in [3.8, 4) is 0 Å². The fourth-order valence-corrected chi connectivity index (χ4v) is 5.18. The Kier molecular flexibility index (Phi) is 6.61. The van der Waals surface area contributed by atoms with Crippen molar-refractivity contribution in [2.75, 3.05) is 43.1 Å². The maximum atomic E-state index is 13.0. The van der Waals surface area contributed by atoms with Gasteiger partial charge in [-0.15, -0.1) is 0 Å². The van der Waals surface area contributed by atoms with Gasteiger partial charge >= 0.3 is 0 Å². The maximum Gasteiger partial charge on any atom is 0.294 e. The third kappa shape index (κ3) is 4.82. The number of benzene rings is 2. The van der Waals surface area contributed by atoms with Gasteiger partial charge in [-0.25, -0.2) is 0 Å². The molecule has 0 spiro atoms. The van der Waals surface area contributed by atoms with E-state index in [1.54, 1.807) is 6.08 Å². The summed E-state index contributed by atoms with van der Waals surface area (Å²) in [5, 5.41) is 3.35. The summed E-state index contributed by atoms with van der Waals surface area (Å²) < 4.78 is 7.48. The van der Waals surface area contributed by atoms with Crippen LogP contribution in [-0.4, -0.2) is 59.4 Å². The molecule has 0 atom stereocenters. The third-order valence-corrected chi connectivity index (χ3v) is 7.06. The Morgan fingerprint density at radius 3 is 2.57 bits per heavy atom. The molecule has 3 aromatic rings. The summed E-state index contributed by atoms with van der Waals surface area (Å²) in [7, 11) is 0. The minimum atomic E-state index is -0.453. The van der Waals surface area contributed by atoms with Gasteiger partial charge in [0.25, 0.3) is 11.1 Å². The van der Waals surface area contributed by atoms with Crippen LogP contribution in [0.15, 0.2) is 59.6 Å². The molecule has 2 aliphatic heterocycles. The number of fused-ring (bicyclic) bond motifs is 1. The number of imide groups is 1. The van der Waals surface area contributed by atoms with E-state index in [4.69, 9.17) is 4.74 Å². The van der Waals surface area contributed by atoms with Crippen LogP contribution in [0.4, 0.5) is 16.2 Å². The van der Waals surface area contributed by atoms with Crippen molar-refractivity contribution in [1.29, 1.82) is 0 Å². The van der Waals surface area contributed by atoms with Crippen LogP contribution in [0.5, 0.6) is 0 Å². The summed E-state index contributed by atoms with van der Waals surface area (Å²) in [6.45, 7) is 5.58. The lowest BCUT2D eigenvalue weighted by atomic mass is 10.1. The van der Waals surface area contributed by atoms with Crippen molar-refractivity contribution in [2.24, 2.45) is 0 Å². The van der Waals surface area contributed by atoms with Crippen molar-refractivity contribution in [1.82, 2.24) is 9.47 Å². The van der Waals surface area contributed by atoms with Crippen LogP contribution in [0.25, 0.3) is 17.0 Å². The van der Waals surface area contributed by atoms with Gasteiger partial charge in [-0.1, -0.05) is 18.2 Å². The highest BCUT2D eigenvalue weighted by atomic mass is 32.2. The Morgan fingerprint density at radius 2 is 1.83 bits per heavy atom. The number of hydrogen-bond acceptors (Lipinski definition) is 6. The summed E-state index contributed by atoms with van der Waals surface area (Å²) in [5.74, 6) is -0.874. The molecule has 2 saturated heterocycles. The van der Waals surface area contributed by atoms with E-state index >= 15 is 0 Å². The lowest BCUT2D eigenvalue weighted by Crippen LogP contribution is -2.36. The van der Waals surface area contributed by atoms with Crippen LogP contribution in [0, 0.1) is 0 Å². The monoisotopic (exact) mass is 490 g/mol. The van der Waals surface area contributed by atoms with E-state index in [9.17, 15) is 14.4 Å². The number of carbonyl (C=O) groups excluding carboxylic acids is 3. The van der Waals surface area contributed by atoms with Gasteiger partial charge in [0, 0.05) is 53.7 Å². The molecule has 0 bridgehead atoms. The fourth-order valence-electron chi connectivity index (χ4n) is 4.35. The van der Waals surface area contributed by atoms with Crippen molar-refractivity contribution in [3.63, 3.8) is 0 Å². The number of nitrogens with one attached hydrogen (secondary N) is 1. The Morgan fingerprint density at radius 1 is 1.09 bits per heavy atom. The standard InChI is InChI=1S/C26H26N4O4S/c1-2-28-16-18(21-5-3-4-6-22(21)28)15-23-25(32)30(26(33)35-23)17-24(31)27-19-7-9-20(10-8-19)29-11-13-34-14-12-29/h3-10,15-16H,2,11-14,17H2,1H3,(H,27,31)/b23-15-. The zero-order valence-electron chi connectivity index (χ0n) is 19.4. The number of thioether (sulfide) groups is 1. The van der Waals surface area contributed by atoms with Gasteiger partial charge in [-0.05, 0) is 55.1 Å². The predicted molar refractivity (Wildman–Crippen MR) is 138 cm³/mol. The molecule has 2 aromatic carbocycles. The zero-order valence-corrected chi connectivity index (χ0v) is 20.2. The van der Waals surface area contributed by atoms with Crippen LogP contribution in [0.2, 0.25) is 0 Å². The van der Waals surface area contributed by atoms with E-state index in [2.05, 4.69) is 21.7 Å². The van der Waals surface area contributed by atoms with Crippen molar-refractivity contribution < 1.29 is 19.1 Å². The molecule has 3 amide bonds. The number of nitrogens with zero attached hydrogens (tertiary/aromatic N) is 3. The average Bonchev–Trinajstić information content (AvgIpc) is 3.37. The number of anilines is 2. The largest absolute Gasteiger partial charge is 0.378 e. The number of ether oxygens (including phenoxy) is 1. The van der Waals surface area contributed by atoms with E-state index in [-0.39, 0.29) is 6.54 Å². The lowest BCUT2D eigenvalue weighted by molar-refractivity contribution is -0.127. The first kappa shape index (κ1) is 23.2. The normalized spacial score (nSPS) is 17.6. The molecule has 2 aliphatic rings. The molecule has 0 unspecified atom stereocenters. The quantitative estimate of drug-likeness (QED) is 0.522. The molecule has 5 rings (SSSR count). The third-order valence-electron chi connectivity index (χ3n) is 6.15. The molecule has 180 valence electrons.